The number of hydrogen-bond donors (Lipinski definition) is 1. The van der Waals surface area contributed by atoms with E-state index in [4.69, 9.17) is 9.47 Å². The van der Waals surface area contributed by atoms with Crippen LogP contribution in [-0.4, -0.2) is 33.5 Å². The summed E-state index contributed by atoms with van der Waals surface area (Å²) < 4.78 is 37.4. The smallest absolute Gasteiger partial charge is 0.271 e. The minimum Gasteiger partial charge on any atom is -0.545 e. The highest BCUT2D eigenvalue weighted by molar-refractivity contribution is 7.92. The molecule has 0 fully saturated rings. The first-order valence-electron chi connectivity index (χ1n) is 6.94. The Kier molecular flexibility index (Phi) is 5.31. The normalized spacial score (nSPS) is 10.8. The lowest BCUT2D eigenvalue weighted by molar-refractivity contribution is -0.384. The second-order valence-electron chi connectivity index (χ2n) is 4.90. The van der Waals surface area contributed by atoms with Gasteiger partial charge in [0.05, 0.1) is 30.8 Å². The highest BCUT2D eigenvalue weighted by Crippen LogP contribution is 2.33. The van der Waals surface area contributed by atoms with Crippen LogP contribution in [0.1, 0.15) is 10.4 Å². The summed E-state index contributed by atoms with van der Waals surface area (Å²) in [6, 6.07) is 6.50. The maximum Gasteiger partial charge on any atom is 0.271 e. The number of carboxylic acids is 1. The van der Waals surface area contributed by atoms with Crippen LogP contribution in [0.2, 0.25) is 0 Å². The van der Waals surface area contributed by atoms with E-state index >= 15 is 0 Å². The van der Waals surface area contributed by atoms with Crippen LogP contribution in [0, 0.1) is 10.1 Å². The van der Waals surface area contributed by atoms with Gasteiger partial charge in [-0.15, -0.1) is 0 Å². The van der Waals surface area contributed by atoms with E-state index in [9.17, 15) is 28.4 Å². The number of sulfonamides is 1. The van der Waals surface area contributed by atoms with Gasteiger partial charge in [-0.3, -0.25) is 14.8 Å². The Balaban J connectivity index is 2.56. The fourth-order valence-corrected chi connectivity index (χ4v) is 3.36. The molecular formula is C15H13N2O8S-. The minimum absolute atomic E-state index is 0.0363. The van der Waals surface area contributed by atoms with Crippen LogP contribution in [0.15, 0.2) is 41.3 Å². The molecule has 0 heterocycles. The third kappa shape index (κ3) is 3.83. The average molecular weight is 381 g/mol. The van der Waals surface area contributed by atoms with Gasteiger partial charge in [-0.05, 0) is 29.8 Å². The monoisotopic (exact) mass is 381 g/mol. The van der Waals surface area contributed by atoms with Gasteiger partial charge in [0.25, 0.3) is 15.7 Å². The van der Waals surface area contributed by atoms with Gasteiger partial charge in [0.2, 0.25) is 0 Å². The third-order valence-electron chi connectivity index (χ3n) is 3.33. The molecule has 0 aliphatic heterocycles. The summed E-state index contributed by atoms with van der Waals surface area (Å²) in [5.41, 5.74) is -0.932. The second kappa shape index (κ2) is 7.27. The van der Waals surface area contributed by atoms with Gasteiger partial charge < -0.3 is 19.4 Å². The number of nitro groups is 1. The van der Waals surface area contributed by atoms with Crippen molar-refractivity contribution in [3.8, 4) is 11.5 Å². The van der Waals surface area contributed by atoms with Crippen molar-refractivity contribution < 1.29 is 32.7 Å². The van der Waals surface area contributed by atoms with E-state index in [2.05, 4.69) is 4.72 Å². The Labute approximate surface area is 148 Å². The predicted molar refractivity (Wildman–Crippen MR) is 87.8 cm³/mol. The lowest BCUT2D eigenvalue weighted by Gasteiger charge is -2.15. The fourth-order valence-electron chi connectivity index (χ4n) is 2.10. The molecule has 2 rings (SSSR count). The van der Waals surface area contributed by atoms with Gasteiger partial charge in [-0.2, -0.15) is 0 Å². The molecule has 0 saturated heterocycles. The van der Waals surface area contributed by atoms with Crippen LogP contribution >= 0.6 is 0 Å². The van der Waals surface area contributed by atoms with Gasteiger partial charge in [0.1, 0.15) is 16.4 Å². The lowest BCUT2D eigenvalue weighted by atomic mass is 10.2. The molecule has 0 aliphatic carbocycles. The lowest BCUT2D eigenvalue weighted by Crippen LogP contribution is -2.23. The van der Waals surface area contributed by atoms with Gasteiger partial charge in [-0.1, -0.05) is 0 Å². The highest BCUT2D eigenvalue weighted by atomic mass is 32.2. The quantitative estimate of drug-likeness (QED) is 0.546. The van der Waals surface area contributed by atoms with Crippen molar-refractivity contribution in [2.75, 3.05) is 18.9 Å². The number of aromatic carboxylic acids is 1. The number of nitro benzene ring substituents is 1. The number of methoxy groups -OCH3 is 2. The molecule has 0 amide bonds. The third-order valence-corrected chi connectivity index (χ3v) is 4.71. The van der Waals surface area contributed by atoms with Crippen LogP contribution < -0.4 is 19.3 Å². The van der Waals surface area contributed by atoms with Crippen molar-refractivity contribution in [3.63, 3.8) is 0 Å². The number of anilines is 1. The zero-order chi connectivity index (χ0) is 19.5. The zero-order valence-corrected chi connectivity index (χ0v) is 14.4. The molecule has 0 aromatic heterocycles. The molecule has 2 aromatic carbocycles. The SMILES string of the molecule is COc1ccc([N+](=O)[O-])cc1NS(=O)(=O)c1cc(C(=O)[O-])ccc1OC. The summed E-state index contributed by atoms with van der Waals surface area (Å²) >= 11 is 0. The zero-order valence-electron chi connectivity index (χ0n) is 13.6. The Hall–Kier alpha value is -3.34. The van der Waals surface area contributed by atoms with Gasteiger partial charge >= 0.3 is 0 Å². The van der Waals surface area contributed by atoms with Crippen LogP contribution in [0.25, 0.3) is 0 Å². The largest absolute Gasteiger partial charge is 0.545 e. The maximum absolute atomic E-state index is 12.7. The summed E-state index contributed by atoms with van der Waals surface area (Å²) in [6.07, 6.45) is 0. The number of carbonyl (C=O) groups is 1. The van der Waals surface area contributed by atoms with Crippen molar-refractivity contribution in [2.45, 2.75) is 4.90 Å². The van der Waals surface area contributed by atoms with E-state index in [0.717, 1.165) is 30.3 Å². The van der Waals surface area contributed by atoms with E-state index in [1.807, 2.05) is 0 Å². The topological polar surface area (TPSA) is 148 Å². The molecule has 138 valence electrons. The molecule has 0 spiro atoms. The molecule has 0 atom stereocenters. The van der Waals surface area contributed by atoms with Crippen molar-refractivity contribution in [2.24, 2.45) is 0 Å². The van der Waals surface area contributed by atoms with Crippen molar-refractivity contribution in [1.82, 2.24) is 0 Å². The first kappa shape index (κ1) is 19.0. The molecule has 0 saturated carbocycles. The first-order valence-corrected chi connectivity index (χ1v) is 8.42. The molecule has 0 unspecified atom stereocenters. The minimum atomic E-state index is -4.36. The maximum atomic E-state index is 12.7. The first-order chi connectivity index (χ1) is 12.2. The van der Waals surface area contributed by atoms with E-state index in [1.54, 1.807) is 0 Å². The van der Waals surface area contributed by atoms with E-state index < -0.39 is 25.8 Å². The number of carbonyl (C=O) groups excluding carboxylic acids is 1. The number of nitrogens with one attached hydrogen (secondary N) is 1. The molecular weight excluding hydrogens is 368 g/mol. The summed E-state index contributed by atoms with van der Waals surface area (Å²) in [5.74, 6) is -1.65. The number of non-ortho nitro benzene ring substituents is 1. The Morgan fingerprint density at radius 1 is 1.08 bits per heavy atom. The number of carboxylic acid groups (broad SMARTS) is 1. The highest BCUT2D eigenvalue weighted by Gasteiger charge is 2.23. The van der Waals surface area contributed by atoms with Crippen molar-refractivity contribution >= 4 is 27.4 Å². The van der Waals surface area contributed by atoms with Crippen LogP contribution in [0.5, 0.6) is 11.5 Å². The summed E-state index contributed by atoms with van der Waals surface area (Å²) in [6.45, 7) is 0. The summed E-state index contributed by atoms with van der Waals surface area (Å²) in [7, 11) is -1.89. The predicted octanol–water partition coefficient (Wildman–Crippen LogP) is 0.776. The number of benzene rings is 2. The van der Waals surface area contributed by atoms with Crippen LogP contribution in [0.3, 0.4) is 0 Å². The van der Waals surface area contributed by atoms with Crippen molar-refractivity contribution in [3.05, 3.63) is 52.1 Å². The standard InChI is InChI=1S/C15H14N2O8S/c1-24-12-6-4-10(17(20)21)8-11(12)16-26(22,23)14-7-9(15(18)19)3-5-13(14)25-2/h3-8,16H,1-2H3,(H,18,19)/p-1. The van der Waals surface area contributed by atoms with Crippen molar-refractivity contribution in [1.29, 1.82) is 0 Å². The second-order valence-corrected chi connectivity index (χ2v) is 6.55. The molecule has 26 heavy (non-hydrogen) atoms. The fraction of sp³-hybridized carbons (Fsp3) is 0.133. The summed E-state index contributed by atoms with van der Waals surface area (Å²) in [5, 5.41) is 21.9. The van der Waals surface area contributed by atoms with E-state index in [0.29, 0.717) is 0 Å². The molecule has 11 heteroatoms. The molecule has 10 nitrogen and oxygen atoms in total. The Bertz CT molecular complexity index is 972. The molecule has 2 aromatic rings. The molecule has 1 N–H and O–H groups in total. The Morgan fingerprint density at radius 3 is 2.23 bits per heavy atom. The van der Waals surface area contributed by atoms with E-state index in [1.165, 1.54) is 20.3 Å². The molecule has 0 bridgehead atoms. The van der Waals surface area contributed by atoms with Crippen LogP contribution in [0.4, 0.5) is 11.4 Å². The Morgan fingerprint density at radius 2 is 1.69 bits per heavy atom. The average Bonchev–Trinajstić information content (AvgIpc) is 2.60. The number of ether oxygens (including phenoxy) is 2. The van der Waals surface area contributed by atoms with E-state index in [-0.39, 0.29) is 28.4 Å². The number of hydrogen-bond acceptors (Lipinski definition) is 8. The molecule has 0 aliphatic rings. The van der Waals surface area contributed by atoms with Gasteiger partial charge in [0.15, 0.2) is 0 Å². The number of rotatable bonds is 7. The number of nitrogens with zero attached hydrogens (tertiary/aromatic N) is 1. The van der Waals surface area contributed by atoms with Gasteiger partial charge in [0, 0.05) is 12.1 Å². The molecule has 0 radical (unpaired) electrons. The summed E-state index contributed by atoms with van der Waals surface area (Å²) in [4.78, 5) is 20.7. The van der Waals surface area contributed by atoms with Gasteiger partial charge in [-0.25, -0.2) is 8.42 Å². The van der Waals surface area contributed by atoms with Crippen LogP contribution in [-0.2, 0) is 10.0 Å².